The minimum Gasteiger partial charge on any atom is -0.449 e. The molecule has 2 heterocycles. The summed E-state index contributed by atoms with van der Waals surface area (Å²) in [5, 5.41) is 9.45. The van der Waals surface area contributed by atoms with Crippen molar-refractivity contribution in [2.24, 2.45) is 0 Å². The maximum atomic E-state index is 11.5. The van der Waals surface area contributed by atoms with Crippen molar-refractivity contribution >= 4 is 12.0 Å². The zero-order chi connectivity index (χ0) is 18.8. The number of benzene rings is 1. The van der Waals surface area contributed by atoms with Crippen LogP contribution in [0, 0.1) is 0 Å². The number of hydrogen-bond acceptors (Lipinski definition) is 4. The smallest absolute Gasteiger partial charge is 0.449 e. The number of ether oxygens (including phenoxy) is 1. The zero-order valence-corrected chi connectivity index (χ0v) is 15.8. The molecule has 0 saturated heterocycles. The summed E-state index contributed by atoms with van der Waals surface area (Å²) in [6.07, 6.45) is 5.07. The van der Waals surface area contributed by atoms with Crippen LogP contribution >= 0.6 is 0 Å². The summed E-state index contributed by atoms with van der Waals surface area (Å²) >= 11 is 0. The van der Waals surface area contributed by atoms with Crippen molar-refractivity contribution in [2.45, 2.75) is 51.4 Å². The second-order valence-electron chi connectivity index (χ2n) is 7.40. The quantitative estimate of drug-likeness (QED) is 0.750. The summed E-state index contributed by atoms with van der Waals surface area (Å²) in [7, 11) is 0. The molecule has 5 heteroatoms. The maximum Gasteiger partial charge on any atom is 0.511 e. The minimum absolute atomic E-state index is 0.271. The van der Waals surface area contributed by atoms with Crippen molar-refractivity contribution in [1.29, 1.82) is 0 Å². The van der Waals surface area contributed by atoms with E-state index in [-0.39, 0.29) is 5.92 Å². The lowest BCUT2D eigenvalue weighted by Crippen LogP contribution is -2.31. The first-order chi connectivity index (χ1) is 13.2. The van der Waals surface area contributed by atoms with Crippen molar-refractivity contribution in [3.05, 3.63) is 41.6 Å². The second kappa shape index (κ2) is 7.59. The topological polar surface area (TPSA) is 62.7 Å². The number of fused-ring (bicyclic) bond motifs is 1. The molecule has 0 atom stereocenters. The van der Waals surface area contributed by atoms with Gasteiger partial charge < -0.3 is 14.7 Å². The van der Waals surface area contributed by atoms with Gasteiger partial charge in [-0.25, -0.2) is 9.78 Å². The van der Waals surface area contributed by atoms with E-state index in [2.05, 4.69) is 11.8 Å². The van der Waals surface area contributed by atoms with Gasteiger partial charge in [-0.3, -0.25) is 0 Å². The average molecular weight is 366 g/mol. The predicted octanol–water partition coefficient (Wildman–Crippen LogP) is 5.24. The summed E-state index contributed by atoms with van der Waals surface area (Å²) in [5.41, 5.74) is 3.87. The monoisotopic (exact) mass is 366 g/mol. The van der Waals surface area contributed by atoms with Gasteiger partial charge in [-0.05, 0) is 38.2 Å². The SMILES string of the molecule is CCN1CCCc2c1nc(C1CCCC1)c(OC(=O)O)c2-c1ccccc1. The normalized spacial score (nSPS) is 17.0. The first kappa shape index (κ1) is 17.8. The third kappa shape index (κ3) is 3.38. The fourth-order valence-electron chi connectivity index (χ4n) is 4.54. The fourth-order valence-corrected chi connectivity index (χ4v) is 4.54. The first-order valence-corrected chi connectivity index (χ1v) is 9.97. The minimum atomic E-state index is -1.27. The molecular formula is C22H26N2O3. The Kier molecular flexibility index (Phi) is 5.01. The largest absolute Gasteiger partial charge is 0.511 e. The fraction of sp³-hybridized carbons (Fsp3) is 0.455. The van der Waals surface area contributed by atoms with E-state index >= 15 is 0 Å². The van der Waals surface area contributed by atoms with Gasteiger partial charge in [0.2, 0.25) is 0 Å². The predicted molar refractivity (Wildman–Crippen MR) is 106 cm³/mol. The first-order valence-electron chi connectivity index (χ1n) is 9.97. The molecule has 142 valence electrons. The summed E-state index contributed by atoms with van der Waals surface area (Å²) in [5.74, 6) is 1.74. The van der Waals surface area contributed by atoms with Gasteiger partial charge in [0.15, 0.2) is 5.75 Å². The molecule has 1 aromatic carbocycles. The van der Waals surface area contributed by atoms with Crippen molar-refractivity contribution in [2.75, 3.05) is 18.0 Å². The summed E-state index contributed by atoms with van der Waals surface area (Å²) in [6, 6.07) is 10.0. The van der Waals surface area contributed by atoms with Crippen LogP contribution in [-0.2, 0) is 6.42 Å². The number of rotatable bonds is 4. The standard InChI is InChI=1S/C22H26N2O3/c1-2-24-14-8-13-17-18(15-9-4-3-5-10-15)20(27-22(25)26)19(23-21(17)24)16-11-6-7-12-16/h3-5,9-10,16H,2,6-8,11-14H2,1H3,(H,25,26). The van der Waals surface area contributed by atoms with Gasteiger partial charge >= 0.3 is 6.16 Å². The van der Waals surface area contributed by atoms with E-state index < -0.39 is 6.16 Å². The molecule has 2 aliphatic rings. The van der Waals surface area contributed by atoms with E-state index in [1.807, 2.05) is 30.3 Å². The maximum absolute atomic E-state index is 11.5. The zero-order valence-electron chi connectivity index (χ0n) is 15.8. The Bertz CT molecular complexity index is 829. The van der Waals surface area contributed by atoms with E-state index in [4.69, 9.17) is 9.72 Å². The Morgan fingerprint density at radius 2 is 1.96 bits per heavy atom. The van der Waals surface area contributed by atoms with E-state index in [9.17, 15) is 9.90 Å². The summed E-state index contributed by atoms with van der Waals surface area (Å²) in [6.45, 7) is 4.04. The van der Waals surface area contributed by atoms with Crippen molar-refractivity contribution in [3.8, 4) is 16.9 Å². The number of pyridine rings is 1. The molecular weight excluding hydrogens is 340 g/mol. The van der Waals surface area contributed by atoms with Crippen LogP contribution in [-0.4, -0.2) is 29.3 Å². The van der Waals surface area contributed by atoms with Crippen molar-refractivity contribution < 1.29 is 14.6 Å². The van der Waals surface area contributed by atoms with E-state index in [1.165, 1.54) is 0 Å². The molecule has 2 aromatic rings. The molecule has 0 bridgehead atoms. The van der Waals surface area contributed by atoms with Crippen LogP contribution in [0.5, 0.6) is 5.75 Å². The van der Waals surface area contributed by atoms with Crippen LogP contribution in [0.25, 0.3) is 11.1 Å². The Hall–Kier alpha value is -2.56. The Morgan fingerprint density at radius 1 is 1.22 bits per heavy atom. The highest BCUT2D eigenvalue weighted by Crippen LogP contribution is 2.47. The number of hydrogen-bond donors (Lipinski definition) is 1. The van der Waals surface area contributed by atoms with Gasteiger partial charge in [0.1, 0.15) is 5.82 Å². The molecule has 1 aliphatic heterocycles. The Balaban J connectivity index is 2.00. The highest BCUT2D eigenvalue weighted by Gasteiger charge is 2.32. The highest BCUT2D eigenvalue weighted by atomic mass is 16.7. The molecule has 1 aromatic heterocycles. The lowest BCUT2D eigenvalue weighted by molar-refractivity contribution is 0.143. The van der Waals surface area contributed by atoms with Gasteiger partial charge in [0.05, 0.1) is 5.69 Å². The molecule has 0 spiro atoms. The number of carboxylic acid groups (broad SMARTS) is 1. The number of nitrogens with zero attached hydrogens (tertiary/aromatic N) is 2. The van der Waals surface area contributed by atoms with Crippen LogP contribution in [0.2, 0.25) is 0 Å². The van der Waals surface area contributed by atoms with Gasteiger partial charge in [-0.1, -0.05) is 43.2 Å². The van der Waals surface area contributed by atoms with Gasteiger partial charge in [-0.2, -0.15) is 0 Å². The van der Waals surface area contributed by atoms with Gasteiger partial charge in [0, 0.05) is 30.1 Å². The number of carbonyl (C=O) groups is 1. The molecule has 1 fully saturated rings. The van der Waals surface area contributed by atoms with Crippen LogP contribution < -0.4 is 9.64 Å². The van der Waals surface area contributed by atoms with Gasteiger partial charge in [-0.15, -0.1) is 0 Å². The second-order valence-corrected chi connectivity index (χ2v) is 7.40. The van der Waals surface area contributed by atoms with Crippen LogP contribution in [0.4, 0.5) is 10.6 Å². The van der Waals surface area contributed by atoms with E-state index in [1.54, 1.807) is 0 Å². The van der Waals surface area contributed by atoms with Crippen molar-refractivity contribution in [3.63, 3.8) is 0 Å². The number of anilines is 1. The lowest BCUT2D eigenvalue weighted by Gasteiger charge is -2.32. The molecule has 0 amide bonds. The lowest BCUT2D eigenvalue weighted by atomic mass is 9.90. The number of aromatic nitrogens is 1. The molecule has 0 unspecified atom stereocenters. The van der Waals surface area contributed by atoms with E-state index in [0.717, 1.165) is 79.8 Å². The molecule has 5 nitrogen and oxygen atoms in total. The molecule has 0 radical (unpaired) electrons. The van der Waals surface area contributed by atoms with Crippen LogP contribution in [0.15, 0.2) is 30.3 Å². The van der Waals surface area contributed by atoms with E-state index in [0.29, 0.717) is 5.75 Å². The Morgan fingerprint density at radius 3 is 2.63 bits per heavy atom. The van der Waals surface area contributed by atoms with Crippen LogP contribution in [0.3, 0.4) is 0 Å². The molecule has 27 heavy (non-hydrogen) atoms. The molecule has 1 aliphatic carbocycles. The molecule has 1 N–H and O–H groups in total. The molecule has 4 rings (SSSR count). The average Bonchev–Trinajstić information content (AvgIpc) is 3.21. The highest BCUT2D eigenvalue weighted by molar-refractivity contribution is 5.82. The summed E-state index contributed by atoms with van der Waals surface area (Å²) < 4.78 is 5.41. The Labute approximate surface area is 160 Å². The van der Waals surface area contributed by atoms with Crippen LogP contribution in [0.1, 0.15) is 56.2 Å². The van der Waals surface area contributed by atoms with Gasteiger partial charge in [0.25, 0.3) is 0 Å². The molecule has 1 saturated carbocycles. The third-order valence-electron chi connectivity index (χ3n) is 5.79. The summed E-state index contributed by atoms with van der Waals surface area (Å²) in [4.78, 5) is 18.9. The third-order valence-corrected chi connectivity index (χ3v) is 5.79. The van der Waals surface area contributed by atoms with Crippen molar-refractivity contribution in [1.82, 2.24) is 4.98 Å².